The monoisotopic (exact) mass is 364 g/mol. The maximum Gasteiger partial charge on any atom is 0.252 e. The van der Waals surface area contributed by atoms with E-state index in [4.69, 9.17) is 5.73 Å². The number of rotatable bonds is 4. The van der Waals surface area contributed by atoms with E-state index >= 15 is 0 Å². The lowest BCUT2D eigenvalue weighted by Gasteiger charge is -2.16. The number of benzene rings is 1. The molecule has 2 aromatic rings. The highest BCUT2D eigenvalue weighted by Gasteiger charge is 2.34. The lowest BCUT2D eigenvalue weighted by atomic mass is 10.1. The van der Waals surface area contributed by atoms with Crippen LogP contribution in [-0.2, 0) is 10.0 Å². The minimum atomic E-state index is -3.69. The highest BCUT2D eigenvalue weighted by atomic mass is 32.2. The molecule has 1 aliphatic rings. The molecule has 0 unspecified atom stereocenters. The zero-order valence-electron chi connectivity index (χ0n) is 13.5. The summed E-state index contributed by atoms with van der Waals surface area (Å²) in [5.41, 5.74) is 5.96. The lowest BCUT2D eigenvalue weighted by Crippen LogP contribution is -2.29. The SMILES string of the molecule is Cc1nc([C@@H]2CCN(S(=O)(=O)c3ccc(F)cc3)C2)ncc1C(N)=O. The van der Waals surface area contributed by atoms with Crippen LogP contribution in [0.15, 0.2) is 35.4 Å². The second-order valence-corrected chi connectivity index (χ2v) is 7.83. The van der Waals surface area contributed by atoms with Crippen LogP contribution in [0.1, 0.15) is 34.2 Å². The average molecular weight is 364 g/mol. The Hall–Kier alpha value is -2.39. The van der Waals surface area contributed by atoms with Crippen molar-refractivity contribution in [1.82, 2.24) is 14.3 Å². The van der Waals surface area contributed by atoms with E-state index in [0.717, 1.165) is 12.1 Å². The molecule has 3 rings (SSSR count). The van der Waals surface area contributed by atoms with Gasteiger partial charge < -0.3 is 5.73 Å². The molecule has 1 aromatic heterocycles. The second kappa shape index (κ2) is 6.49. The number of halogens is 1. The number of sulfonamides is 1. The van der Waals surface area contributed by atoms with Gasteiger partial charge in [0, 0.05) is 25.2 Å². The zero-order chi connectivity index (χ0) is 18.2. The van der Waals surface area contributed by atoms with Crippen LogP contribution >= 0.6 is 0 Å². The molecule has 1 atom stereocenters. The number of nitrogens with two attached hydrogens (primary N) is 1. The first-order valence-electron chi connectivity index (χ1n) is 7.68. The molecule has 2 heterocycles. The fourth-order valence-corrected chi connectivity index (χ4v) is 4.34. The van der Waals surface area contributed by atoms with Crippen molar-refractivity contribution < 1.29 is 17.6 Å². The van der Waals surface area contributed by atoms with E-state index in [0.29, 0.717) is 24.5 Å². The van der Waals surface area contributed by atoms with Crippen molar-refractivity contribution in [1.29, 1.82) is 0 Å². The molecule has 0 spiro atoms. The van der Waals surface area contributed by atoms with Gasteiger partial charge in [-0.1, -0.05) is 0 Å². The van der Waals surface area contributed by atoms with Gasteiger partial charge in [0.2, 0.25) is 10.0 Å². The molecule has 0 radical (unpaired) electrons. The predicted octanol–water partition coefficient (Wildman–Crippen LogP) is 1.20. The van der Waals surface area contributed by atoms with Crippen molar-refractivity contribution in [3.8, 4) is 0 Å². The van der Waals surface area contributed by atoms with Gasteiger partial charge in [-0.3, -0.25) is 4.79 Å². The van der Waals surface area contributed by atoms with E-state index in [2.05, 4.69) is 9.97 Å². The van der Waals surface area contributed by atoms with Crippen LogP contribution in [0, 0.1) is 12.7 Å². The zero-order valence-corrected chi connectivity index (χ0v) is 14.3. The van der Waals surface area contributed by atoms with Gasteiger partial charge in [-0.05, 0) is 37.6 Å². The van der Waals surface area contributed by atoms with Gasteiger partial charge >= 0.3 is 0 Å². The summed E-state index contributed by atoms with van der Waals surface area (Å²) in [4.78, 5) is 19.8. The van der Waals surface area contributed by atoms with Crippen LogP contribution in [0.25, 0.3) is 0 Å². The summed E-state index contributed by atoms with van der Waals surface area (Å²) in [6.07, 6.45) is 1.94. The molecule has 0 bridgehead atoms. The van der Waals surface area contributed by atoms with Gasteiger partial charge in [0.1, 0.15) is 11.6 Å². The Morgan fingerprint density at radius 2 is 2.00 bits per heavy atom. The molecule has 0 saturated carbocycles. The topological polar surface area (TPSA) is 106 Å². The Balaban J connectivity index is 1.80. The third-order valence-corrected chi connectivity index (χ3v) is 6.11. The van der Waals surface area contributed by atoms with Gasteiger partial charge in [-0.25, -0.2) is 22.8 Å². The van der Waals surface area contributed by atoms with Gasteiger partial charge in [-0.2, -0.15) is 4.31 Å². The number of aryl methyl sites for hydroxylation is 1. The first-order valence-corrected chi connectivity index (χ1v) is 9.12. The molecular weight excluding hydrogens is 347 g/mol. The molecule has 132 valence electrons. The number of nitrogens with zero attached hydrogens (tertiary/aromatic N) is 3. The minimum absolute atomic E-state index is 0.0516. The Morgan fingerprint density at radius 3 is 2.60 bits per heavy atom. The highest BCUT2D eigenvalue weighted by Crippen LogP contribution is 2.29. The second-order valence-electron chi connectivity index (χ2n) is 5.89. The summed E-state index contributed by atoms with van der Waals surface area (Å²) >= 11 is 0. The Labute approximate surface area is 144 Å². The van der Waals surface area contributed by atoms with Crippen LogP contribution in [0.3, 0.4) is 0 Å². The molecule has 1 aliphatic heterocycles. The highest BCUT2D eigenvalue weighted by molar-refractivity contribution is 7.89. The van der Waals surface area contributed by atoms with E-state index in [9.17, 15) is 17.6 Å². The Bertz CT molecular complexity index is 915. The fourth-order valence-electron chi connectivity index (χ4n) is 2.84. The number of hydrogen-bond donors (Lipinski definition) is 1. The Morgan fingerprint density at radius 1 is 1.32 bits per heavy atom. The number of carbonyl (C=O) groups excluding carboxylic acids is 1. The lowest BCUT2D eigenvalue weighted by molar-refractivity contribution is 0.0999. The maximum absolute atomic E-state index is 13.0. The molecule has 9 heteroatoms. The Kier molecular flexibility index (Phi) is 4.53. The van der Waals surface area contributed by atoms with E-state index in [-0.39, 0.29) is 22.9 Å². The molecule has 1 saturated heterocycles. The van der Waals surface area contributed by atoms with E-state index in [1.807, 2.05) is 0 Å². The number of carbonyl (C=O) groups is 1. The first-order chi connectivity index (χ1) is 11.8. The number of primary amides is 1. The van der Waals surface area contributed by atoms with Gasteiger partial charge in [0.05, 0.1) is 16.2 Å². The van der Waals surface area contributed by atoms with Crippen molar-refractivity contribution in [2.24, 2.45) is 5.73 Å². The van der Waals surface area contributed by atoms with Crippen LogP contribution < -0.4 is 5.73 Å². The normalized spacial score (nSPS) is 18.4. The van der Waals surface area contributed by atoms with Gasteiger partial charge in [-0.15, -0.1) is 0 Å². The van der Waals surface area contributed by atoms with Crippen LogP contribution in [0.5, 0.6) is 0 Å². The molecule has 1 amide bonds. The molecular formula is C16H17FN4O3S. The smallest absolute Gasteiger partial charge is 0.252 e. The summed E-state index contributed by atoms with van der Waals surface area (Å²) < 4.78 is 39.6. The fraction of sp³-hybridized carbons (Fsp3) is 0.312. The third kappa shape index (κ3) is 3.38. The maximum atomic E-state index is 13.0. The molecule has 1 fully saturated rings. The minimum Gasteiger partial charge on any atom is -0.365 e. The van der Waals surface area contributed by atoms with Crippen molar-refractivity contribution in [2.75, 3.05) is 13.1 Å². The first kappa shape index (κ1) is 17.4. The average Bonchev–Trinajstić information content (AvgIpc) is 3.05. The molecule has 0 aliphatic carbocycles. The van der Waals surface area contributed by atoms with E-state index < -0.39 is 21.7 Å². The van der Waals surface area contributed by atoms with E-state index in [1.54, 1.807) is 6.92 Å². The van der Waals surface area contributed by atoms with Crippen molar-refractivity contribution >= 4 is 15.9 Å². The summed E-state index contributed by atoms with van der Waals surface area (Å²) in [7, 11) is -3.69. The van der Waals surface area contributed by atoms with Crippen molar-refractivity contribution in [3.63, 3.8) is 0 Å². The standard InChI is InChI=1S/C16H17FN4O3S/c1-10-14(15(18)22)8-19-16(20-10)11-6-7-21(9-11)25(23,24)13-4-2-12(17)3-5-13/h2-5,8,11H,6-7,9H2,1H3,(H2,18,22)/t11-/m1/s1. The van der Waals surface area contributed by atoms with E-state index in [1.165, 1.54) is 22.6 Å². The van der Waals surface area contributed by atoms with Crippen LogP contribution in [0.2, 0.25) is 0 Å². The predicted molar refractivity (Wildman–Crippen MR) is 87.8 cm³/mol. The largest absolute Gasteiger partial charge is 0.365 e. The van der Waals surface area contributed by atoms with Crippen LogP contribution in [-0.4, -0.2) is 41.7 Å². The van der Waals surface area contributed by atoms with Gasteiger partial charge in [0.15, 0.2) is 0 Å². The summed E-state index contributed by atoms with van der Waals surface area (Å²) in [5, 5.41) is 0. The third-order valence-electron chi connectivity index (χ3n) is 4.23. The summed E-state index contributed by atoms with van der Waals surface area (Å²) in [5.74, 6) is -0.775. The van der Waals surface area contributed by atoms with Crippen molar-refractivity contribution in [3.05, 3.63) is 53.4 Å². The molecule has 7 nitrogen and oxygen atoms in total. The summed E-state index contributed by atoms with van der Waals surface area (Å²) in [6, 6.07) is 4.74. The number of hydrogen-bond acceptors (Lipinski definition) is 5. The molecule has 25 heavy (non-hydrogen) atoms. The quantitative estimate of drug-likeness (QED) is 0.877. The molecule has 1 aromatic carbocycles. The number of aromatic nitrogens is 2. The summed E-state index contributed by atoms with van der Waals surface area (Å²) in [6.45, 7) is 2.21. The van der Waals surface area contributed by atoms with Crippen molar-refractivity contribution in [2.45, 2.75) is 24.2 Å². The van der Waals surface area contributed by atoms with Gasteiger partial charge in [0.25, 0.3) is 5.91 Å². The van der Waals surface area contributed by atoms with Crippen LogP contribution in [0.4, 0.5) is 4.39 Å². The number of amides is 1. The molecule has 2 N–H and O–H groups in total.